The van der Waals surface area contributed by atoms with Gasteiger partial charge >= 0.3 is 0 Å². The average Bonchev–Trinajstić information content (AvgIpc) is 2.16. The lowest BCUT2D eigenvalue weighted by Gasteiger charge is -2.10. The van der Waals surface area contributed by atoms with Crippen LogP contribution in [0.1, 0.15) is 30.9 Å². The number of fused-ring (bicyclic) bond motifs is 1. The molecule has 0 saturated carbocycles. The first-order valence-electron chi connectivity index (χ1n) is 5.14. The van der Waals surface area contributed by atoms with Crippen molar-refractivity contribution >= 4 is 26.8 Å². The number of hydrogen-bond donors (Lipinski definition) is 0. The summed E-state index contributed by atoms with van der Waals surface area (Å²) in [4.78, 5) is 4.42. The van der Waals surface area contributed by atoms with Crippen molar-refractivity contribution in [2.24, 2.45) is 0 Å². The van der Waals surface area contributed by atoms with Gasteiger partial charge in [0.1, 0.15) is 0 Å². The number of rotatable bonds is 1. The third-order valence-corrected chi connectivity index (χ3v) is 3.20. The Hall–Kier alpha value is -0.890. The highest BCUT2D eigenvalue weighted by atomic mass is 79.9. The molecule has 1 nitrogen and oxygen atoms in total. The van der Waals surface area contributed by atoms with E-state index in [0.29, 0.717) is 5.92 Å². The van der Waals surface area contributed by atoms with Crippen molar-refractivity contribution in [2.75, 3.05) is 0 Å². The largest absolute Gasteiger partial charge is 0.255 e. The van der Waals surface area contributed by atoms with Crippen LogP contribution in [-0.4, -0.2) is 4.98 Å². The Bertz CT molecular complexity index is 503. The summed E-state index contributed by atoms with van der Waals surface area (Å²) in [5.41, 5.74) is 3.69. The fraction of sp³-hybridized carbons (Fsp3) is 0.308. The average molecular weight is 264 g/mol. The molecule has 1 aromatic heterocycles. The second-order valence-electron chi connectivity index (χ2n) is 4.20. The van der Waals surface area contributed by atoms with E-state index in [1.165, 1.54) is 16.5 Å². The van der Waals surface area contributed by atoms with Crippen LogP contribution < -0.4 is 0 Å². The van der Waals surface area contributed by atoms with E-state index < -0.39 is 0 Å². The summed E-state index contributed by atoms with van der Waals surface area (Å²) in [6.07, 6.45) is 1.89. The molecule has 0 bridgehead atoms. The number of pyridine rings is 1. The molecule has 2 rings (SSSR count). The number of nitrogens with zero attached hydrogens (tertiary/aromatic N) is 1. The molecule has 0 N–H and O–H groups in total. The number of hydrogen-bond acceptors (Lipinski definition) is 1. The number of halogens is 1. The van der Waals surface area contributed by atoms with Crippen LogP contribution in [0.5, 0.6) is 0 Å². The smallest absolute Gasteiger partial charge is 0.0846 e. The Kier molecular flexibility index (Phi) is 2.79. The third-order valence-electron chi connectivity index (χ3n) is 2.60. The molecule has 0 aliphatic rings. The molecule has 0 aliphatic heterocycles. The topological polar surface area (TPSA) is 12.9 Å². The van der Waals surface area contributed by atoms with Gasteiger partial charge in [0.2, 0.25) is 0 Å². The maximum absolute atomic E-state index is 4.42. The molecule has 0 spiro atoms. The minimum atomic E-state index is 0.532. The Morgan fingerprint density at radius 2 is 2.00 bits per heavy atom. The predicted octanol–water partition coefficient (Wildman–Crippen LogP) is 4.43. The van der Waals surface area contributed by atoms with Crippen LogP contribution >= 0.6 is 15.9 Å². The van der Waals surface area contributed by atoms with Crippen LogP contribution in [0.15, 0.2) is 28.9 Å². The second-order valence-corrected chi connectivity index (χ2v) is 5.05. The minimum absolute atomic E-state index is 0.532. The number of aromatic nitrogens is 1. The van der Waals surface area contributed by atoms with E-state index in [1.807, 2.05) is 6.20 Å². The fourth-order valence-electron chi connectivity index (χ4n) is 1.87. The van der Waals surface area contributed by atoms with Gasteiger partial charge in [-0.25, -0.2) is 0 Å². The van der Waals surface area contributed by atoms with Gasteiger partial charge in [0, 0.05) is 16.1 Å². The zero-order chi connectivity index (χ0) is 11.0. The van der Waals surface area contributed by atoms with Crippen LogP contribution in [0.25, 0.3) is 10.9 Å². The SMILES string of the molecule is Cc1cc(Br)c2nccc(C(C)C)c2c1. The van der Waals surface area contributed by atoms with Crippen LogP contribution in [-0.2, 0) is 0 Å². The molecule has 15 heavy (non-hydrogen) atoms. The Morgan fingerprint density at radius 1 is 1.27 bits per heavy atom. The molecule has 78 valence electrons. The van der Waals surface area contributed by atoms with Crippen LogP contribution in [0, 0.1) is 6.92 Å². The lowest BCUT2D eigenvalue weighted by molar-refractivity contribution is 0.874. The minimum Gasteiger partial charge on any atom is -0.255 e. The summed E-state index contributed by atoms with van der Waals surface area (Å²) >= 11 is 3.57. The van der Waals surface area contributed by atoms with Crippen molar-refractivity contribution < 1.29 is 0 Å². The van der Waals surface area contributed by atoms with Gasteiger partial charge in [-0.3, -0.25) is 4.98 Å². The Balaban J connectivity index is 2.85. The molecule has 0 radical (unpaired) electrons. The maximum atomic E-state index is 4.42. The van der Waals surface area contributed by atoms with Crippen molar-refractivity contribution in [1.82, 2.24) is 4.98 Å². The van der Waals surface area contributed by atoms with Gasteiger partial charge in [-0.1, -0.05) is 13.8 Å². The highest BCUT2D eigenvalue weighted by Crippen LogP contribution is 2.29. The predicted molar refractivity (Wildman–Crippen MR) is 68.3 cm³/mol. The van der Waals surface area contributed by atoms with E-state index >= 15 is 0 Å². The molecule has 1 heterocycles. The quantitative estimate of drug-likeness (QED) is 0.742. The number of benzene rings is 1. The molecule has 0 atom stereocenters. The van der Waals surface area contributed by atoms with Gasteiger partial charge in [-0.2, -0.15) is 0 Å². The fourth-order valence-corrected chi connectivity index (χ4v) is 2.55. The summed E-state index contributed by atoms with van der Waals surface area (Å²) in [5.74, 6) is 0.532. The van der Waals surface area contributed by atoms with Crippen molar-refractivity contribution in [2.45, 2.75) is 26.7 Å². The van der Waals surface area contributed by atoms with Crippen molar-refractivity contribution in [1.29, 1.82) is 0 Å². The molecule has 0 aliphatic carbocycles. The van der Waals surface area contributed by atoms with Crippen LogP contribution in [0.2, 0.25) is 0 Å². The lowest BCUT2D eigenvalue weighted by atomic mass is 9.98. The summed E-state index contributed by atoms with van der Waals surface area (Å²) in [5, 5.41) is 1.26. The highest BCUT2D eigenvalue weighted by Gasteiger charge is 2.08. The van der Waals surface area contributed by atoms with E-state index in [0.717, 1.165) is 9.99 Å². The monoisotopic (exact) mass is 263 g/mol. The summed E-state index contributed by atoms with van der Waals surface area (Å²) in [6.45, 7) is 6.54. The molecule has 0 unspecified atom stereocenters. The zero-order valence-corrected chi connectivity index (χ0v) is 10.8. The molecule has 2 heteroatoms. The van der Waals surface area contributed by atoms with E-state index in [2.05, 4.69) is 59.9 Å². The van der Waals surface area contributed by atoms with Gasteiger partial charge < -0.3 is 0 Å². The van der Waals surface area contributed by atoms with Crippen molar-refractivity contribution in [3.63, 3.8) is 0 Å². The first-order chi connectivity index (χ1) is 7.09. The molecular formula is C13H14BrN. The van der Waals surface area contributed by atoms with E-state index in [9.17, 15) is 0 Å². The molecule has 1 aromatic carbocycles. The molecule has 2 aromatic rings. The van der Waals surface area contributed by atoms with Gasteiger partial charge in [-0.05, 0) is 58.1 Å². The maximum Gasteiger partial charge on any atom is 0.0846 e. The van der Waals surface area contributed by atoms with Gasteiger partial charge in [0.05, 0.1) is 5.52 Å². The second kappa shape index (κ2) is 3.93. The van der Waals surface area contributed by atoms with Crippen molar-refractivity contribution in [3.8, 4) is 0 Å². The van der Waals surface area contributed by atoms with E-state index in [1.54, 1.807) is 0 Å². The molecule has 0 fully saturated rings. The van der Waals surface area contributed by atoms with Crippen molar-refractivity contribution in [3.05, 3.63) is 40.0 Å². The number of aryl methyl sites for hydroxylation is 1. The summed E-state index contributed by atoms with van der Waals surface area (Å²) in [6, 6.07) is 6.43. The van der Waals surface area contributed by atoms with Gasteiger partial charge in [0.25, 0.3) is 0 Å². The van der Waals surface area contributed by atoms with E-state index in [-0.39, 0.29) is 0 Å². The summed E-state index contributed by atoms with van der Waals surface area (Å²) in [7, 11) is 0. The van der Waals surface area contributed by atoms with Crippen LogP contribution in [0.4, 0.5) is 0 Å². The Labute approximate surface area is 98.7 Å². The molecule has 0 saturated heterocycles. The zero-order valence-electron chi connectivity index (χ0n) is 9.21. The van der Waals surface area contributed by atoms with Crippen LogP contribution in [0.3, 0.4) is 0 Å². The highest BCUT2D eigenvalue weighted by molar-refractivity contribution is 9.10. The van der Waals surface area contributed by atoms with E-state index in [4.69, 9.17) is 0 Å². The van der Waals surface area contributed by atoms with Gasteiger partial charge in [-0.15, -0.1) is 0 Å². The first kappa shape index (κ1) is 10.6. The normalized spacial score (nSPS) is 11.3. The standard InChI is InChI=1S/C13H14BrN/c1-8(2)10-4-5-15-13-11(10)6-9(3)7-12(13)14/h4-8H,1-3H3. The third kappa shape index (κ3) is 1.91. The first-order valence-corrected chi connectivity index (χ1v) is 5.93. The molecule has 0 amide bonds. The Morgan fingerprint density at radius 3 is 2.67 bits per heavy atom. The molecular weight excluding hydrogens is 250 g/mol. The van der Waals surface area contributed by atoms with Gasteiger partial charge in [0.15, 0.2) is 0 Å². The summed E-state index contributed by atoms with van der Waals surface area (Å²) < 4.78 is 1.08. The lowest BCUT2D eigenvalue weighted by Crippen LogP contribution is -1.92.